The highest BCUT2D eigenvalue weighted by molar-refractivity contribution is 5.14. The van der Waals surface area contributed by atoms with Crippen LogP contribution in [0.1, 0.15) is 30.6 Å². The zero-order chi connectivity index (χ0) is 11.5. The van der Waals surface area contributed by atoms with Gasteiger partial charge in [-0.3, -0.25) is 4.90 Å². The Bertz CT molecular complexity index is 334. The average Bonchev–Trinajstić information content (AvgIpc) is 2.87. The molecule has 90 valence electrons. The van der Waals surface area contributed by atoms with E-state index in [0.29, 0.717) is 12.0 Å². The van der Waals surface area contributed by atoms with Crippen molar-refractivity contribution in [3.8, 4) is 0 Å². The minimum absolute atomic E-state index is 0.634. The molecule has 1 aromatic heterocycles. The molecule has 2 N–H and O–H groups in total. The van der Waals surface area contributed by atoms with Crippen molar-refractivity contribution < 1.29 is 4.42 Å². The Hall–Kier alpha value is -0.800. The van der Waals surface area contributed by atoms with Gasteiger partial charge in [-0.2, -0.15) is 0 Å². The van der Waals surface area contributed by atoms with Crippen LogP contribution in [0.4, 0.5) is 0 Å². The molecule has 2 unspecified atom stereocenters. The molecular formula is C13H22N2O. The lowest BCUT2D eigenvalue weighted by Crippen LogP contribution is -2.37. The van der Waals surface area contributed by atoms with Gasteiger partial charge in [0.1, 0.15) is 5.76 Å². The van der Waals surface area contributed by atoms with Gasteiger partial charge in [-0.1, -0.05) is 6.42 Å². The lowest BCUT2D eigenvalue weighted by molar-refractivity contribution is 0.179. The fraction of sp³-hybridized carbons (Fsp3) is 0.692. The molecule has 1 aromatic rings. The quantitative estimate of drug-likeness (QED) is 0.848. The Balaban J connectivity index is 1.97. The summed E-state index contributed by atoms with van der Waals surface area (Å²) in [5.41, 5.74) is 7.06. The third-order valence-electron chi connectivity index (χ3n) is 3.85. The molecule has 0 aliphatic heterocycles. The van der Waals surface area contributed by atoms with Crippen LogP contribution >= 0.6 is 0 Å². The van der Waals surface area contributed by atoms with Crippen LogP contribution < -0.4 is 5.73 Å². The summed E-state index contributed by atoms with van der Waals surface area (Å²) >= 11 is 0. The van der Waals surface area contributed by atoms with Gasteiger partial charge in [-0.15, -0.1) is 0 Å². The number of rotatable bonds is 4. The summed E-state index contributed by atoms with van der Waals surface area (Å²) in [4.78, 5) is 2.40. The summed E-state index contributed by atoms with van der Waals surface area (Å²) in [5.74, 6) is 1.76. The number of aryl methyl sites for hydroxylation is 1. The van der Waals surface area contributed by atoms with E-state index in [-0.39, 0.29) is 0 Å². The monoisotopic (exact) mass is 222 g/mol. The normalized spacial score (nSPS) is 25.5. The Morgan fingerprint density at radius 2 is 2.31 bits per heavy atom. The molecule has 0 bridgehead atoms. The smallest absolute Gasteiger partial charge is 0.120 e. The van der Waals surface area contributed by atoms with Gasteiger partial charge >= 0.3 is 0 Å². The van der Waals surface area contributed by atoms with Crippen molar-refractivity contribution in [1.82, 2.24) is 4.90 Å². The second-order valence-electron chi connectivity index (χ2n) is 4.94. The van der Waals surface area contributed by atoms with Crippen LogP contribution in [0.5, 0.6) is 0 Å². The number of furan rings is 1. The minimum Gasteiger partial charge on any atom is -0.468 e. The summed E-state index contributed by atoms with van der Waals surface area (Å²) in [6.45, 7) is 3.81. The van der Waals surface area contributed by atoms with Crippen molar-refractivity contribution in [1.29, 1.82) is 0 Å². The molecule has 3 heteroatoms. The zero-order valence-electron chi connectivity index (χ0n) is 10.3. The van der Waals surface area contributed by atoms with Gasteiger partial charge in [0.15, 0.2) is 0 Å². The Kier molecular flexibility index (Phi) is 3.66. The first kappa shape index (κ1) is 11.7. The SMILES string of the molecule is Cc1ccoc1CN(C)C1CCCC1CN. The highest BCUT2D eigenvalue weighted by Crippen LogP contribution is 2.29. The molecule has 0 saturated heterocycles. The molecule has 1 fully saturated rings. The number of nitrogens with two attached hydrogens (primary N) is 1. The van der Waals surface area contributed by atoms with Crippen LogP contribution in [0.3, 0.4) is 0 Å². The summed E-state index contributed by atoms with van der Waals surface area (Å²) in [7, 11) is 2.18. The van der Waals surface area contributed by atoms with Crippen molar-refractivity contribution in [2.45, 2.75) is 38.8 Å². The first-order valence-electron chi connectivity index (χ1n) is 6.15. The lowest BCUT2D eigenvalue weighted by atomic mass is 10.0. The molecule has 0 aromatic carbocycles. The molecule has 0 spiro atoms. The van der Waals surface area contributed by atoms with Crippen LogP contribution in [-0.4, -0.2) is 24.5 Å². The van der Waals surface area contributed by atoms with Crippen LogP contribution in [0.15, 0.2) is 16.7 Å². The Labute approximate surface area is 97.6 Å². The van der Waals surface area contributed by atoms with E-state index in [4.69, 9.17) is 10.2 Å². The first-order chi connectivity index (χ1) is 7.72. The maximum atomic E-state index is 5.82. The molecule has 0 radical (unpaired) electrons. The standard InChI is InChI=1S/C13H22N2O/c1-10-6-7-16-13(10)9-15(2)12-5-3-4-11(12)8-14/h6-7,11-12H,3-5,8-9,14H2,1-2H3. The fourth-order valence-corrected chi connectivity index (χ4v) is 2.78. The predicted octanol–water partition coefficient (Wildman–Crippen LogP) is 2.15. The van der Waals surface area contributed by atoms with Crippen molar-refractivity contribution in [3.63, 3.8) is 0 Å². The van der Waals surface area contributed by atoms with Gasteiger partial charge in [0.05, 0.1) is 12.8 Å². The van der Waals surface area contributed by atoms with Crippen molar-refractivity contribution in [2.75, 3.05) is 13.6 Å². The van der Waals surface area contributed by atoms with Crippen LogP contribution in [0.2, 0.25) is 0 Å². The van der Waals surface area contributed by atoms with Gasteiger partial charge in [-0.05, 0) is 50.9 Å². The van der Waals surface area contributed by atoms with E-state index in [9.17, 15) is 0 Å². The Morgan fingerprint density at radius 1 is 1.50 bits per heavy atom. The molecule has 3 nitrogen and oxygen atoms in total. The highest BCUT2D eigenvalue weighted by atomic mass is 16.3. The maximum absolute atomic E-state index is 5.82. The van der Waals surface area contributed by atoms with Crippen LogP contribution in [0.25, 0.3) is 0 Å². The van der Waals surface area contributed by atoms with Crippen molar-refractivity contribution in [2.24, 2.45) is 11.7 Å². The molecule has 1 saturated carbocycles. The van der Waals surface area contributed by atoms with Crippen LogP contribution in [0, 0.1) is 12.8 Å². The zero-order valence-corrected chi connectivity index (χ0v) is 10.3. The average molecular weight is 222 g/mol. The van der Waals surface area contributed by atoms with E-state index in [1.807, 2.05) is 6.07 Å². The van der Waals surface area contributed by atoms with E-state index < -0.39 is 0 Å². The topological polar surface area (TPSA) is 42.4 Å². The molecule has 2 atom stereocenters. The van der Waals surface area contributed by atoms with Gasteiger partial charge in [0, 0.05) is 6.04 Å². The predicted molar refractivity (Wildman–Crippen MR) is 65.1 cm³/mol. The maximum Gasteiger partial charge on any atom is 0.120 e. The first-order valence-corrected chi connectivity index (χ1v) is 6.15. The van der Waals surface area contributed by atoms with E-state index in [1.54, 1.807) is 6.26 Å². The third kappa shape index (κ3) is 2.30. The van der Waals surface area contributed by atoms with E-state index >= 15 is 0 Å². The van der Waals surface area contributed by atoms with Gasteiger partial charge in [0.25, 0.3) is 0 Å². The summed E-state index contributed by atoms with van der Waals surface area (Å²) in [5, 5.41) is 0. The van der Waals surface area contributed by atoms with Gasteiger partial charge < -0.3 is 10.2 Å². The molecule has 1 heterocycles. The number of hydrogen-bond acceptors (Lipinski definition) is 3. The van der Waals surface area contributed by atoms with E-state index in [1.165, 1.54) is 24.8 Å². The van der Waals surface area contributed by atoms with E-state index in [2.05, 4.69) is 18.9 Å². The third-order valence-corrected chi connectivity index (χ3v) is 3.85. The minimum atomic E-state index is 0.634. The second kappa shape index (κ2) is 5.02. The van der Waals surface area contributed by atoms with Crippen molar-refractivity contribution >= 4 is 0 Å². The van der Waals surface area contributed by atoms with Crippen LogP contribution in [-0.2, 0) is 6.54 Å². The molecule has 1 aliphatic rings. The largest absolute Gasteiger partial charge is 0.468 e. The molecule has 2 rings (SSSR count). The Morgan fingerprint density at radius 3 is 2.94 bits per heavy atom. The highest BCUT2D eigenvalue weighted by Gasteiger charge is 2.29. The molecule has 16 heavy (non-hydrogen) atoms. The van der Waals surface area contributed by atoms with Gasteiger partial charge in [0.2, 0.25) is 0 Å². The molecular weight excluding hydrogens is 200 g/mol. The summed E-state index contributed by atoms with van der Waals surface area (Å²) in [6.07, 6.45) is 5.64. The van der Waals surface area contributed by atoms with Gasteiger partial charge in [-0.25, -0.2) is 0 Å². The molecule has 0 amide bonds. The summed E-state index contributed by atoms with van der Waals surface area (Å²) < 4.78 is 5.49. The lowest BCUT2D eigenvalue weighted by Gasteiger charge is -2.28. The summed E-state index contributed by atoms with van der Waals surface area (Å²) in [6, 6.07) is 2.66. The number of hydrogen-bond donors (Lipinski definition) is 1. The van der Waals surface area contributed by atoms with Crippen molar-refractivity contribution in [3.05, 3.63) is 23.7 Å². The molecule has 1 aliphatic carbocycles. The fourth-order valence-electron chi connectivity index (χ4n) is 2.78. The second-order valence-corrected chi connectivity index (χ2v) is 4.94. The number of nitrogens with zero attached hydrogens (tertiary/aromatic N) is 1. The van der Waals surface area contributed by atoms with E-state index in [0.717, 1.165) is 18.8 Å².